The van der Waals surface area contributed by atoms with E-state index in [-0.39, 0.29) is 5.97 Å². The van der Waals surface area contributed by atoms with Crippen LogP contribution in [-0.2, 0) is 14.3 Å². The van der Waals surface area contributed by atoms with Crippen molar-refractivity contribution < 1.29 is 14.3 Å². The molecule has 0 N–H and O–H groups in total. The Kier molecular flexibility index (Phi) is 12.6. The first-order valence-electron chi connectivity index (χ1n) is 6.65. The van der Waals surface area contributed by atoms with E-state index >= 15 is 0 Å². The van der Waals surface area contributed by atoms with E-state index in [9.17, 15) is 4.79 Å². The number of carbonyl (C=O) groups is 1. The summed E-state index contributed by atoms with van der Waals surface area (Å²) in [6.45, 7) is 7.92. The van der Waals surface area contributed by atoms with Crippen LogP contribution in [0.4, 0.5) is 0 Å². The molecule has 0 amide bonds. The van der Waals surface area contributed by atoms with Crippen molar-refractivity contribution in [2.75, 3.05) is 19.8 Å². The zero-order chi connectivity index (χ0) is 12.8. The summed E-state index contributed by atoms with van der Waals surface area (Å²) in [5.74, 6) is -0.178. The molecule has 0 aliphatic heterocycles. The van der Waals surface area contributed by atoms with E-state index in [4.69, 9.17) is 9.47 Å². The molecule has 0 aromatic rings. The molecule has 100 valence electrons. The molecule has 0 heterocycles. The molecule has 3 heteroatoms. The maximum Gasteiger partial charge on any atom is 0.309 e. The lowest BCUT2D eigenvalue weighted by Gasteiger charge is -2.04. The van der Waals surface area contributed by atoms with Crippen LogP contribution in [0.5, 0.6) is 0 Å². The largest absolute Gasteiger partial charge is 0.465 e. The molecular weight excluding hydrogens is 216 g/mol. The maximum absolute atomic E-state index is 11.0. The second-order valence-electron chi connectivity index (χ2n) is 4.09. The molecule has 0 aromatic carbocycles. The van der Waals surface area contributed by atoms with E-state index in [1.807, 2.05) is 0 Å². The number of ether oxygens (including phenoxy) is 2. The zero-order valence-electron chi connectivity index (χ0n) is 11.1. The standard InChI is InChI=1S/C14H26O3/c1-3-5-11-16-12-8-6-7-9-13-17-14(15)10-4-2/h4H,2-3,5-13H2,1H3. The summed E-state index contributed by atoms with van der Waals surface area (Å²) < 4.78 is 10.5. The van der Waals surface area contributed by atoms with Crippen molar-refractivity contribution in [1.29, 1.82) is 0 Å². The van der Waals surface area contributed by atoms with Gasteiger partial charge in [0, 0.05) is 13.2 Å². The fourth-order valence-electron chi connectivity index (χ4n) is 1.37. The van der Waals surface area contributed by atoms with Crippen LogP contribution >= 0.6 is 0 Å². The predicted octanol–water partition coefficient (Wildman–Crippen LogP) is 3.48. The molecule has 0 rings (SSSR count). The number of hydrogen-bond acceptors (Lipinski definition) is 3. The van der Waals surface area contributed by atoms with Crippen molar-refractivity contribution in [3.05, 3.63) is 12.7 Å². The van der Waals surface area contributed by atoms with Crippen molar-refractivity contribution >= 4 is 5.97 Å². The lowest BCUT2D eigenvalue weighted by Crippen LogP contribution is -2.04. The number of hydrogen-bond donors (Lipinski definition) is 0. The molecule has 0 radical (unpaired) electrons. The highest BCUT2D eigenvalue weighted by molar-refractivity contribution is 5.70. The highest BCUT2D eigenvalue weighted by Crippen LogP contribution is 2.01. The van der Waals surface area contributed by atoms with E-state index in [0.29, 0.717) is 13.0 Å². The van der Waals surface area contributed by atoms with E-state index < -0.39 is 0 Å². The minimum absolute atomic E-state index is 0.178. The Balaban J connectivity index is 3.03. The summed E-state index contributed by atoms with van der Waals surface area (Å²) >= 11 is 0. The van der Waals surface area contributed by atoms with Crippen molar-refractivity contribution in [2.45, 2.75) is 51.9 Å². The van der Waals surface area contributed by atoms with Gasteiger partial charge in [-0.1, -0.05) is 25.8 Å². The molecule has 0 spiro atoms. The van der Waals surface area contributed by atoms with Crippen molar-refractivity contribution in [1.82, 2.24) is 0 Å². The minimum atomic E-state index is -0.178. The summed E-state index contributed by atoms with van der Waals surface area (Å²) in [4.78, 5) is 11.0. The lowest BCUT2D eigenvalue weighted by molar-refractivity contribution is -0.142. The fraction of sp³-hybridized carbons (Fsp3) is 0.786. The molecule has 0 fully saturated rings. The molecule has 0 aliphatic carbocycles. The molecule has 3 nitrogen and oxygen atoms in total. The van der Waals surface area contributed by atoms with Crippen LogP contribution in [0.2, 0.25) is 0 Å². The van der Waals surface area contributed by atoms with Crippen molar-refractivity contribution in [3.63, 3.8) is 0 Å². The van der Waals surface area contributed by atoms with E-state index in [0.717, 1.165) is 45.3 Å². The van der Waals surface area contributed by atoms with Gasteiger partial charge in [0.25, 0.3) is 0 Å². The molecular formula is C14H26O3. The topological polar surface area (TPSA) is 35.5 Å². The van der Waals surface area contributed by atoms with Crippen molar-refractivity contribution in [2.24, 2.45) is 0 Å². The number of carbonyl (C=O) groups excluding carboxylic acids is 1. The summed E-state index contributed by atoms with van der Waals surface area (Å²) in [5, 5.41) is 0. The molecule has 0 saturated heterocycles. The maximum atomic E-state index is 11.0. The van der Waals surface area contributed by atoms with Gasteiger partial charge in [-0.15, -0.1) is 6.58 Å². The highest BCUT2D eigenvalue weighted by Gasteiger charge is 1.98. The van der Waals surface area contributed by atoms with Crippen LogP contribution in [-0.4, -0.2) is 25.8 Å². The predicted molar refractivity (Wildman–Crippen MR) is 70.0 cm³/mol. The van der Waals surface area contributed by atoms with E-state index in [1.165, 1.54) is 6.42 Å². The summed E-state index contributed by atoms with van der Waals surface area (Å²) in [5.41, 5.74) is 0. The number of unbranched alkanes of at least 4 members (excludes halogenated alkanes) is 4. The average Bonchev–Trinajstić information content (AvgIpc) is 2.32. The van der Waals surface area contributed by atoms with Gasteiger partial charge in [-0.05, 0) is 25.7 Å². The monoisotopic (exact) mass is 242 g/mol. The molecule has 0 aliphatic rings. The van der Waals surface area contributed by atoms with Gasteiger partial charge in [-0.2, -0.15) is 0 Å². The Bertz CT molecular complexity index is 190. The second kappa shape index (κ2) is 13.2. The zero-order valence-corrected chi connectivity index (χ0v) is 11.1. The summed E-state index contributed by atoms with van der Waals surface area (Å²) in [6.07, 6.45) is 8.50. The summed E-state index contributed by atoms with van der Waals surface area (Å²) in [6, 6.07) is 0. The minimum Gasteiger partial charge on any atom is -0.465 e. The smallest absolute Gasteiger partial charge is 0.309 e. The average molecular weight is 242 g/mol. The van der Waals surface area contributed by atoms with Crippen LogP contribution < -0.4 is 0 Å². The number of esters is 1. The van der Waals surface area contributed by atoms with Gasteiger partial charge in [-0.3, -0.25) is 4.79 Å². The first-order chi connectivity index (χ1) is 8.31. The van der Waals surface area contributed by atoms with Gasteiger partial charge in [0.2, 0.25) is 0 Å². The third-order valence-electron chi connectivity index (χ3n) is 2.40. The third-order valence-corrected chi connectivity index (χ3v) is 2.40. The van der Waals surface area contributed by atoms with Gasteiger partial charge < -0.3 is 9.47 Å². The molecule has 0 atom stereocenters. The van der Waals surface area contributed by atoms with Gasteiger partial charge in [-0.25, -0.2) is 0 Å². The summed E-state index contributed by atoms with van der Waals surface area (Å²) in [7, 11) is 0. The molecule has 0 bridgehead atoms. The van der Waals surface area contributed by atoms with Crippen LogP contribution in [0.25, 0.3) is 0 Å². The van der Waals surface area contributed by atoms with Crippen LogP contribution in [0, 0.1) is 0 Å². The first kappa shape index (κ1) is 16.2. The lowest BCUT2D eigenvalue weighted by atomic mass is 10.2. The Morgan fingerprint density at radius 2 is 1.71 bits per heavy atom. The van der Waals surface area contributed by atoms with Crippen LogP contribution in [0.1, 0.15) is 51.9 Å². The van der Waals surface area contributed by atoms with Gasteiger partial charge in [0.05, 0.1) is 13.0 Å². The first-order valence-corrected chi connectivity index (χ1v) is 6.65. The molecule has 0 aromatic heterocycles. The highest BCUT2D eigenvalue weighted by atomic mass is 16.5. The van der Waals surface area contributed by atoms with Crippen molar-refractivity contribution in [3.8, 4) is 0 Å². The Hall–Kier alpha value is -0.830. The fourth-order valence-corrected chi connectivity index (χ4v) is 1.37. The third kappa shape index (κ3) is 13.1. The quantitative estimate of drug-likeness (QED) is 0.298. The van der Waals surface area contributed by atoms with Gasteiger partial charge in [0.15, 0.2) is 0 Å². The normalized spacial score (nSPS) is 10.2. The van der Waals surface area contributed by atoms with Crippen LogP contribution in [0.15, 0.2) is 12.7 Å². The molecule has 0 saturated carbocycles. The SMILES string of the molecule is C=CCC(=O)OCCCCCCOCCCC. The molecule has 0 unspecified atom stereocenters. The van der Waals surface area contributed by atoms with E-state index in [2.05, 4.69) is 13.5 Å². The van der Waals surface area contributed by atoms with E-state index in [1.54, 1.807) is 6.08 Å². The number of rotatable bonds is 12. The Labute approximate surface area is 105 Å². The Morgan fingerprint density at radius 3 is 2.35 bits per heavy atom. The molecule has 17 heavy (non-hydrogen) atoms. The Morgan fingerprint density at radius 1 is 1.06 bits per heavy atom. The van der Waals surface area contributed by atoms with Gasteiger partial charge in [0.1, 0.15) is 0 Å². The van der Waals surface area contributed by atoms with Gasteiger partial charge >= 0.3 is 5.97 Å². The van der Waals surface area contributed by atoms with Crippen LogP contribution in [0.3, 0.4) is 0 Å². The second-order valence-corrected chi connectivity index (χ2v) is 4.09.